The lowest BCUT2D eigenvalue weighted by Gasteiger charge is -1.63. The molecule has 5 heteroatoms. The average molecular weight is 106 g/mol. The van der Waals surface area contributed by atoms with Gasteiger partial charge in [0, 0.05) is 0 Å². The van der Waals surface area contributed by atoms with Crippen molar-refractivity contribution in [3.63, 3.8) is 0 Å². The van der Waals surface area contributed by atoms with Gasteiger partial charge in [-0.25, -0.2) is 5.26 Å². The Morgan fingerprint density at radius 3 is 2.00 bits per heavy atom. The predicted molar refractivity (Wildman–Crippen MR) is 22.7 cm³/mol. The molecule has 42 valence electrons. The summed E-state index contributed by atoms with van der Waals surface area (Å²) in [6.07, 6.45) is 0.750. The van der Waals surface area contributed by atoms with Gasteiger partial charge in [0.2, 0.25) is 0 Å². The van der Waals surface area contributed by atoms with Crippen LogP contribution in [0.3, 0.4) is 0 Å². The second-order valence-corrected chi connectivity index (χ2v) is 0.368. The molecular weight excluding hydrogens is 100 g/mol. The number of hydrogen-bond acceptors (Lipinski definition) is 4. The Labute approximate surface area is 40.1 Å². The van der Waals surface area contributed by atoms with E-state index in [-0.39, 0.29) is 6.47 Å². The highest BCUT2D eigenvalue weighted by molar-refractivity contribution is 5.46. The molecule has 5 nitrogen and oxygen atoms in total. The van der Waals surface area contributed by atoms with Gasteiger partial charge in [-0.2, -0.15) is 0 Å². The van der Waals surface area contributed by atoms with Gasteiger partial charge in [-0.15, -0.1) is 0 Å². The van der Waals surface area contributed by atoms with Crippen molar-refractivity contribution in [1.82, 2.24) is 0 Å². The standard InChI is InChI=1S/CH4N2.CH2O3/c2-1-3;2-1-4-3/h1H,(H3,2,3);1,3H. The quantitative estimate of drug-likeness (QED) is 0.134. The first kappa shape index (κ1) is 9.31. The lowest BCUT2D eigenvalue weighted by Crippen LogP contribution is -1.81. The fraction of sp³-hybridized carbons (Fsp3) is 0. The summed E-state index contributed by atoms with van der Waals surface area (Å²) in [5, 5.41) is 12.9. The van der Waals surface area contributed by atoms with E-state index in [0.717, 1.165) is 6.34 Å². The van der Waals surface area contributed by atoms with Gasteiger partial charge in [-0.05, 0) is 0 Å². The second kappa shape index (κ2) is 20.6. The summed E-state index contributed by atoms with van der Waals surface area (Å²) in [4.78, 5) is 11.6. The van der Waals surface area contributed by atoms with Gasteiger partial charge in [-0.3, -0.25) is 10.2 Å². The highest BCUT2D eigenvalue weighted by atomic mass is 17.1. The van der Waals surface area contributed by atoms with Crippen LogP contribution < -0.4 is 5.73 Å². The summed E-state index contributed by atoms with van der Waals surface area (Å²) in [6.45, 7) is -0.0694. The van der Waals surface area contributed by atoms with Crippen molar-refractivity contribution in [3.8, 4) is 0 Å². The SMILES string of the molecule is N=CN.O=COO. The lowest BCUT2D eigenvalue weighted by molar-refractivity contribution is -0.217. The molecule has 0 spiro atoms. The largest absolute Gasteiger partial charge is 0.390 e. The Bertz CT molecular complexity index is 46.2. The smallest absolute Gasteiger partial charge is 0.330 e. The number of rotatable bonds is 1. The van der Waals surface area contributed by atoms with Gasteiger partial charge in [-0.1, -0.05) is 0 Å². The molecule has 7 heavy (non-hydrogen) atoms. The molecule has 4 N–H and O–H groups in total. The van der Waals surface area contributed by atoms with E-state index in [1.165, 1.54) is 0 Å². The number of nitrogens with two attached hydrogens (primary N) is 1. The fourth-order valence-corrected chi connectivity index (χ4v) is 0. The van der Waals surface area contributed by atoms with E-state index in [9.17, 15) is 0 Å². The van der Waals surface area contributed by atoms with Gasteiger partial charge in [0.05, 0.1) is 6.34 Å². The van der Waals surface area contributed by atoms with Crippen molar-refractivity contribution in [2.75, 3.05) is 0 Å². The Balaban J connectivity index is 0. The first-order valence-corrected chi connectivity index (χ1v) is 1.28. The zero-order valence-corrected chi connectivity index (χ0v) is 3.50. The van der Waals surface area contributed by atoms with Crippen molar-refractivity contribution >= 4 is 12.8 Å². The first-order valence-electron chi connectivity index (χ1n) is 1.28. The van der Waals surface area contributed by atoms with E-state index in [1.54, 1.807) is 0 Å². The highest BCUT2D eigenvalue weighted by Gasteiger charge is 1.47. The normalized spacial score (nSPS) is 4.71. The summed E-state index contributed by atoms with van der Waals surface area (Å²) in [7, 11) is 0. The summed E-state index contributed by atoms with van der Waals surface area (Å²) in [5.74, 6) is 0. The minimum absolute atomic E-state index is 0.0694. The number of nitrogens with one attached hydrogen (secondary N) is 1. The third-order valence-electron chi connectivity index (χ3n) is 0.0430. The molecule has 0 saturated carbocycles. The number of hydrogen-bond donors (Lipinski definition) is 3. The van der Waals surface area contributed by atoms with E-state index >= 15 is 0 Å². The van der Waals surface area contributed by atoms with Crippen LogP contribution in [0, 0.1) is 5.41 Å². The van der Waals surface area contributed by atoms with E-state index in [0.29, 0.717) is 0 Å². The lowest BCUT2D eigenvalue weighted by atomic mass is 11.4. The molecule has 0 radical (unpaired) electrons. The molecule has 0 aromatic rings. The fourth-order valence-electron chi connectivity index (χ4n) is 0. The molecule has 0 rings (SSSR count). The molecule has 0 saturated heterocycles. The van der Waals surface area contributed by atoms with Crippen molar-refractivity contribution in [2.24, 2.45) is 5.73 Å². The second-order valence-electron chi connectivity index (χ2n) is 0.368. The minimum Gasteiger partial charge on any atom is -0.390 e. The maximum atomic E-state index is 8.70. The average Bonchev–Trinajstić information content (AvgIpc) is 1.69. The molecular formula is C2H6N2O3. The topological polar surface area (TPSA) is 96.4 Å². The molecule has 0 fully saturated rings. The van der Waals surface area contributed by atoms with Gasteiger partial charge >= 0.3 is 6.47 Å². The monoisotopic (exact) mass is 106 g/mol. The van der Waals surface area contributed by atoms with Gasteiger partial charge in [0.25, 0.3) is 0 Å². The van der Waals surface area contributed by atoms with E-state index in [1.807, 2.05) is 0 Å². The van der Waals surface area contributed by atoms with Crippen LogP contribution in [0.25, 0.3) is 0 Å². The van der Waals surface area contributed by atoms with E-state index in [4.69, 9.17) is 15.5 Å². The molecule has 0 amide bonds. The van der Waals surface area contributed by atoms with Gasteiger partial charge in [0.15, 0.2) is 0 Å². The Morgan fingerprint density at radius 1 is 1.86 bits per heavy atom. The van der Waals surface area contributed by atoms with Gasteiger partial charge in [0.1, 0.15) is 0 Å². The Hall–Kier alpha value is -1.10. The van der Waals surface area contributed by atoms with E-state index in [2.05, 4.69) is 10.6 Å². The van der Waals surface area contributed by atoms with E-state index < -0.39 is 0 Å². The summed E-state index contributed by atoms with van der Waals surface area (Å²) >= 11 is 0. The van der Waals surface area contributed by atoms with Crippen LogP contribution in [-0.2, 0) is 9.68 Å². The van der Waals surface area contributed by atoms with Crippen molar-refractivity contribution in [1.29, 1.82) is 5.41 Å². The first-order chi connectivity index (χ1) is 3.33. The molecule has 0 aliphatic heterocycles. The van der Waals surface area contributed by atoms with Crippen LogP contribution in [0.15, 0.2) is 0 Å². The molecule has 0 aliphatic rings. The highest BCUT2D eigenvalue weighted by Crippen LogP contribution is 1.33. The van der Waals surface area contributed by atoms with Crippen molar-refractivity contribution < 1.29 is 14.9 Å². The number of carbonyl (C=O) groups is 1. The molecule has 0 unspecified atom stereocenters. The summed E-state index contributed by atoms with van der Waals surface area (Å²) in [6, 6.07) is 0. The molecule has 0 heterocycles. The zero-order valence-electron chi connectivity index (χ0n) is 3.50. The number of carbonyl (C=O) groups excluding carboxylic acids is 1. The zero-order chi connectivity index (χ0) is 6.12. The predicted octanol–water partition coefficient (Wildman–Crippen LogP) is -0.815. The minimum atomic E-state index is -0.0694. The maximum absolute atomic E-state index is 8.70. The van der Waals surface area contributed by atoms with Crippen LogP contribution in [0.5, 0.6) is 0 Å². The van der Waals surface area contributed by atoms with Crippen LogP contribution in [-0.4, -0.2) is 18.1 Å². The Morgan fingerprint density at radius 2 is 2.00 bits per heavy atom. The van der Waals surface area contributed by atoms with Crippen molar-refractivity contribution in [3.05, 3.63) is 0 Å². The third-order valence-corrected chi connectivity index (χ3v) is 0.0430. The molecule has 0 bridgehead atoms. The summed E-state index contributed by atoms with van der Waals surface area (Å²) < 4.78 is 0. The van der Waals surface area contributed by atoms with Crippen LogP contribution >= 0.6 is 0 Å². The Kier molecular flexibility index (Phi) is 27.5. The van der Waals surface area contributed by atoms with Gasteiger partial charge < -0.3 is 10.6 Å². The maximum Gasteiger partial charge on any atom is 0.330 e. The van der Waals surface area contributed by atoms with Crippen LogP contribution in [0.1, 0.15) is 0 Å². The molecule has 0 aromatic heterocycles. The third kappa shape index (κ3) is 4120. The molecule has 0 aliphatic carbocycles. The summed E-state index contributed by atoms with van der Waals surface area (Å²) in [5.41, 5.74) is 4.39. The van der Waals surface area contributed by atoms with Crippen LogP contribution in [0.4, 0.5) is 0 Å². The molecule has 0 atom stereocenters. The van der Waals surface area contributed by atoms with Crippen molar-refractivity contribution in [2.45, 2.75) is 0 Å². The molecule has 0 aromatic carbocycles. The van der Waals surface area contributed by atoms with Crippen LogP contribution in [0.2, 0.25) is 0 Å².